The van der Waals surface area contributed by atoms with Crippen LogP contribution in [0.5, 0.6) is 0 Å². The fraction of sp³-hybridized carbons (Fsp3) is 0.467. The number of thioether (sulfide) groups is 1. The van der Waals surface area contributed by atoms with E-state index in [0.29, 0.717) is 24.9 Å². The highest BCUT2D eigenvalue weighted by molar-refractivity contribution is 7.97. The molecule has 0 saturated carbocycles. The molecular formula is C15H19NO4S. The topological polar surface area (TPSA) is 75.6 Å². The van der Waals surface area contributed by atoms with Gasteiger partial charge >= 0.3 is 5.97 Å². The van der Waals surface area contributed by atoms with Crippen LogP contribution in [-0.2, 0) is 15.3 Å². The monoisotopic (exact) mass is 309 g/mol. The van der Waals surface area contributed by atoms with Gasteiger partial charge in [0.05, 0.1) is 6.10 Å². The standard InChI is InChI=1S/C15H19NO4S/c1-21-9-10-3-2-4-11(7-10)14(17)16-8-12-5-6-13(20-12)15(18)19/h2-4,7,12-13H,5-6,8-9H2,1H3,(H,16,17)(H,18,19). The van der Waals surface area contributed by atoms with E-state index < -0.39 is 12.1 Å². The van der Waals surface area contributed by atoms with Gasteiger partial charge in [-0.15, -0.1) is 0 Å². The van der Waals surface area contributed by atoms with Gasteiger partial charge in [-0.3, -0.25) is 4.79 Å². The zero-order valence-electron chi connectivity index (χ0n) is 11.9. The summed E-state index contributed by atoms with van der Waals surface area (Å²) >= 11 is 1.70. The molecule has 114 valence electrons. The van der Waals surface area contributed by atoms with Gasteiger partial charge in [0.25, 0.3) is 5.91 Å². The van der Waals surface area contributed by atoms with Gasteiger partial charge in [0.2, 0.25) is 0 Å². The molecule has 2 N–H and O–H groups in total. The molecule has 2 unspecified atom stereocenters. The number of ether oxygens (including phenoxy) is 1. The summed E-state index contributed by atoms with van der Waals surface area (Å²) in [5.41, 5.74) is 1.73. The van der Waals surface area contributed by atoms with E-state index in [2.05, 4.69) is 5.32 Å². The third-order valence-corrected chi connectivity index (χ3v) is 4.00. The van der Waals surface area contributed by atoms with Gasteiger partial charge in [-0.1, -0.05) is 12.1 Å². The number of nitrogens with one attached hydrogen (secondary N) is 1. The first kappa shape index (κ1) is 15.9. The highest BCUT2D eigenvalue weighted by atomic mass is 32.2. The summed E-state index contributed by atoms with van der Waals surface area (Å²) in [4.78, 5) is 22.9. The van der Waals surface area contributed by atoms with E-state index in [1.165, 1.54) is 0 Å². The molecule has 1 fully saturated rings. The minimum Gasteiger partial charge on any atom is -0.479 e. The summed E-state index contributed by atoms with van der Waals surface area (Å²) in [5.74, 6) is -0.221. The highest BCUT2D eigenvalue weighted by Gasteiger charge is 2.30. The lowest BCUT2D eigenvalue weighted by molar-refractivity contribution is -0.149. The van der Waals surface area contributed by atoms with Crippen LogP contribution >= 0.6 is 11.8 Å². The largest absolute Gasteiger partial charge is 0.479 e. The van der Waals surface area contributed by atoms with Crippen molar-refractivity contribution >= 4 is 23.6 Å². The lowest BCUT2D eigenvalue weighted by Crippen LogP contribution is -2.33. The van der Waals surface area contributed by atoms with Crippen LogP contribution in [0.1, 0.15) is 28.8 Å². The normalized spacial score (nSPS) is 21.2. The molecule has 0 aliphatic carbocycles. The van der Waals surface area contributed by atoms with Crippen molar-refractivity contribution in [2.75, 3.05) is 12.8 Å². The van der Waals surface area contributed by atoms with Crippen molar-refractivity contribution in [1.82, 2.24) is 5.32 Å². The summed E-state index contributed by atoms with van der Waals surface area (Å²) in [6, 6.07) is 7.51. The Kier molecular flexibility index (Phi) is 5.64. The molecule has 21 heavy (non-hydrogen) atoms. The SMILES string of the molecule is CSCc1cccc(C(=O)NCC2CCC(C(=O)O)O2)c1. The zero-order chi connectivity index (χ0) is 15.2. The zero-order valence-corrected chi connectivity index (χ0v) is 12.7. The molecule has 2 rings (SSSR count). The van der Waals surface area contributed by atoms with Gasteiger partial charge in [-0.05, 0) is 36.8 Å². The number of hydrogen-bond acceptors (Lipinski definition) is 4. The summed E-state index contributed by atoms with van der Waals surface area (Å²) in [6.45, 7) is 0.343. The first-order valence-corrected chi connectivity index (χ1v) is 8.24. The predicted octanol–water partition coefficient (Wildman–Crippen LogP) is 1.91. The Balaban J connectivity index is 1.85. The molecule has 1 heterocycles. The Morgan fingerprint density at radius 2 is 2.24 bits per heavy atom. The van der Waals surface area contributed by atoms with Gasteiger partial charge in [0.1, 0.15) is 0 Å². The van der Waals surface area contributed by atoms with Gasteiger partial charge in [0, 0.05) is 17.9 Å². The van der Waals surface area contributed by atoms with Crippen LogP contribution in [0.3, 0.4) is 0 Å². The Bertz CT molecular complexity index is 520. The van der Waals surface area contributed by atoms with Crippen LogP contribution in [0.4, 0.5) is 0 Å². The number of carboxylic acids is 1. The van der Waals surface area contributed by atoms with Gasteiger partial charge in [-0.2, -0.15) is 11.8 Å². The molecule has 1 amide bonds. The minimum absolute atomic E-state index is 0.152. The van der Waals surface area contributed by atoms with E-state index in [4.69, 9.17) is 9.84 Å². The number of benzene rings is 1. The molecule has 0 spiro atoms. The summed E-state index contributed by atoms with van der Waals surface area (Å²) in [7, 11) is 0. The molecule has 0 bridgehead atoms. The van der Waals surface area contributed by atoms with Crippen LogP contribution < -0.4 is 5.32 Å². The summed E-state index contributed by atoms with van der Waals surface area (Å²) < 4.78 is 5.35. The Labute approximate surface area is 128 Å². The van der Waals surface area contributed by atoms with E-state index in [0.717, 1.165) is 11.3 Å². The molecule has 2 atom stereocenters. The number of rotatable bonds is 6. The fourth-order valence-electron chi connectivity index (χ4n) is 2.32. The van der Waals surface area contributed by atoms with Crippen molar-refractivity contribution in [3.63, 3.8) is 0 Å². The lowest BCUT2D eigenvalue weighted by atomic mass is 10.1. The molecule has 1 aliphatic rings. The molecule has 1 aromatic carbocycles. The van der Waals surface area contributed by atoms with E-state index in [9.17, 15) is 9.59 Å². The fourth-order valence-corrected chi connectivity index (χ4v) is 2.83. The number of carboxylic acid groups (broad SMARTS) is 1. The van der Waals surface area contributed by atoms with Crippen LogP contribution in [-0.4, -0.2) is 42.0 Å². The van der Waals surface area contributed by atoms with Crippen molar-refractivity contribution in [2.24, 2.45) is 0 Å². The Hall–Kier alpha value is -1.53. The maximum Gasteiger partial charge on any atom is 0.332 e. The van der Waals surface area contributed by atoms with E-state index in [1.807, 2.05) is 24.5 Å². The number of aliphatic carboxylic acids is 1. The third-order valence-electron chi connectivity index (χ3n) is 3.37. The summed E-state index contributed by atoms with van der Waals surface area (Å²) in [5, 5.41) is 11.7. The van der Waals surface area contributed by atoms with Crippen molar-refractivity contribution in [1.29, 1.82) is 0 Å². The molecule has 1 aliphatic heterocycles. The van der Waals surface area contributed by atoms with Gasteiger partial charge in [-0.25, -0.2) is 4.79 Å². The second kappa shape index (κ2) is 7.47. The summed E-state index contributed by atoms with van der Waals surface area (Å²) in [6.07, 6.45) is 2.22. The Morgan fingerprint density at radius 3 is 2.90 bits per heavy atom. The maximum atomic E-state index is 12.1. The molecule has 5 nitrogen and oxygen atoms in total. The van der Waals surface area contributed by atoms with Crippen molar-refractivity contribution in [3.05, 3.63) is 35.4 Å². The van der Waals surface area contributed by atoms with Crippen LogP contribution in [0, 0.1) is 0 Å². The quantitative estimate of drug-likeness (QED) is 0.839. The van der Waals surface area contributed by atoms with Crippen LogP contribution in [0.15, 0.2) is 24.3 Å². The highest BCUT2D eigenvalue weighted by Crippen LogP contribution is 2.19. The molecule has 1 aromatic rings. The van der Waals surface area contributed by atoms with E-state index in [1.54, 1.807) is 17.8 Å². The average Bonchev–Trinajstić information content (AvgIpc) is 2.94. The first-order chi connectivity index (χ1) is 10.1. The molecular weight excluding hydrogens is 290 g/mol. The van der Waals surface area contributed by atoms with Gasteiger partial charge < -0.3 is 15.2 Å². The van der Waals surface area contributed by atoms with Crippen molar-refractivity contribution in [3.8, 4) is 0 Å². The smallest absolute Gasteiger partial charge is 0.332 e. The second-order valence-electron chi connectivity index (χ2n) is 5.01. The molecule has 1 saturated heterocycles. The van der Waals surface area contributed by atoms with Crippen molar-refractivity contribution < 1.29 is 19.4 Å². The number of amides is 1. The van der Waals surface area contributed by atoms with Crippen molar-refractivity contribution in [2.45, 2.75) is 30.8 Å². The average molecular weight is 309 g/mol. The minimum atomic E-state index is -0.936. The first-order valence-electron chi connectivity index (χ1n) is 6.84. The third kappa shape index (κ3) is 4.47. The predicted molar refractivity (Wildman–Crippen MR) is 81.5 cm³/mol. The number of hydrogen-bond donors (Lipinski definition) is 2. The van der Waals surface area contributed by atoms with E-state index in [-0.39, 0.29) is 12.0 Å². The maximum absolute atomic E-state index is 12.1. The lowest BCUT2D eigenvalue weighted by Gasteiger charge is -2.12. The molecule has 6 heteroatoms. The van der Waals surface area contributed by atoms with E-state index >= 15 is 0 Å². The van der Waals surface area contributed by atoms with Crippen LogP contribution in [0.2, 0.25) is 0 Å². The van der Waals surface area contributed by atoms with Crippen LogP contribution in [0.25, 0.3) is 0 Å². The second-order valence-corrected chi connectivity index (χ2v) is 5.87. The number of carbonyl (C=O) groups is 2. The number of carbonyl (C=O) groups excluding carboxylic acids is 1. The molecule has 0 aromatic heterocycles. The van der Waals surface area contributed by atoms with Gasteiger partial charge in [0.15, 0.2) is 6.10 Å². The Morgan fingerprint density at radius 1 is 1.43 bits per heavy atom. The molecule has 0 radical (unpaired) electrons.